The lowest BCUT2D eigenvalue weighted by molar-refractivity contribution is -0.147. The molecule has 0 fully saturated rings. The quantitative estimate of drug-likeness (QED) is 0.867. The smallest absolute Gasteiger partial charge is 0.416 e. The summed E-state index contributed by atoms with van der Waals surface area (Å²) in [5.41, 5.74) is -1.46. The van der Waals surface area contributed by atoms with Gasteiger partial charge in [0.2, 0.25) is 0 Å². The minimum atomic E-state index is -4.66. The molecule has 0 saturated heterocycles. The highest BCUT2D eigenvalue weighted by Crippen LogP contribution is 2.37. The molecule has 3 nitrogen and oxygen atoms in total. The lowest BCUT2D eigenvalue weighted by atomic mass is 10.00. The van der Waals surface area contributed by atoms with Crippen molar-refractivity contribution in [2.45, 2.75) is 25.6 Å². The normalized spacial score (nSPS) is 13.2. The first-order valence-corrected chi connectivity index (χ1v) is 5.83. The highest BCUT2D eigenvalue weighted by molar-refractivity contribution is 6.30. The van der Waals surface area contributed by atoms with Crippen LogP contribution >= 0.6 is 11.6 Å². The molecule has 19 heavy (non-hydrogen) atoms. The summed E-state index contributed by atoms with van der Waals surface area (Å²) in [6.45, 7) is 1.66. The first-order chi connectivity index (χ1) is 8.75. The second kappa shape index (κ2) is 6.25. The van der Waals surface area contributed by atoms with Gasteiger partial charge < -0.3 is 9.84 Å². The van der Waals surface area contributed by atoms with Gasteiger partial charge in [0.25, 0.3) is 0 Å². The van der Waals surface area contributed by atoms with Crippen LogP contribution in [0.25, 0.3) is 0 Å². The minimum Gasteiger partial charge on any atom is -0.466 e. The van der Waals surface area contributed by atoms with E-state index in [0.29, 0.717) is 6.07 Å². The fourth-order valence-corrected chi connectivity index (χ4v) is 1.72. The summed E-state index contributed by atoms with van der Waals surface area (Å²) in [6, 6.07) is 2.99. The summed E-state index contributed by atoms with van der Waals surface area (Å²) in [6.07, 6.45) is -6.79. The van der Waals surface area contributed by atoms with E-state index >= 15 is 0 Å². The maximum atomic E-state index is 12.8. The predicted molar refractivity (Wildman–Crippen MR) is 62.7 cm³/mol. The number of halogens is 4. The molecule has 0 heterocycles. The van der Waals surface area contributed by atoms with E-state index in [9.17, 15) is 23.1 Å². The van der Waals surface area contributed by atoms with E-state index < -0.39 is 35.8 Å². The summed E-state index contributed by atoms with van der Waals surface area (Å²) in [4.78, 5) is 11.2. The number of hydrogen-bond acceptors (Lipinski definition) is 3. The van der Waals surface area contributed by atoms with E-state index in [2.05, 4.69) is 4.74 Å². The zero-order chi connectivity index (χ0) is 14.6. The Bertz CT molecular complexity index is 460. The second-order valence-corrected chi connectivity index (χ2v) is 4.19. The van der Waals surface area contributed by atoms with Crippen LogP contribution in [-0.4, -0.2) is 17.7 Å². The third kappa shape index (κ3) is 4.40. The van der Waals surface area contributed by atoms with Crippen molar-refractivity contribution in [1.82, 2.24) is 0 Å². The average molecular weight is 297 g/mol. The molecule has 1 N–H and O–H groups in total. The standard InChI is InChI=1S/C12H12ClF3O3/c1-2-19-11(18)6-10(17)8-4-3-7(13)5-9(8)12(14,15)16/h3-5,10,17H,2,6H2,1H3. The molecule has 0 aliphatic carbocycles. The molecule has 106 valence electrons. The highest BCUT2D eigenvalue weighted by Gasteiger charge is 2.35. The van der Waals surface area contributed by atoms with Crippen molar-refractivity contribution < 1.29 is 27.8 Å². The highest BCUT2D eigenvalue weighted by atomic mass is 35.5. The zero-order valence-corrected chi connectivity index (χ0v) is 10.8. The molecule has 0 bridgehead atoms. The van der Waals surface area contributed by atoms with Crippen LogP contribution in [0.1, 0.15) is 30.6 Å². The van der Waals surface area contributed by atoms with Crippen LogP contribution in [0.15, 0.2) is 18.2 Å². The molecule has 1 aromatic rings. The number of aliphatic hydroxyl groups is 1. The number of esters is 1. The van der Waals surface area contributed by atoms with Gasteiger partial charge in [0.05, 0.1) is 24.7 Å². The lowest BCUT2D eigenvalue weighted by Crippen LogP contribution is -2.15. The number of carbonyl (C=O) groups is 1. The van der Waals surface area contributed by atoms with E-state index in [1.165, 1.54) is 6.07 Å². The van der Waals surface area contributed by atoms with Crippen molar-refractivity contribution in [3.8, 4) is 0 Å². The Morgan fingerprint density at radius 3 is 2.63 bits per heavy atom. The molecule has 1 unspecified atom stereocenters. The van der Waals surface area contributed by atoms with Gasteiger partial charge in [-0.2, -0.15) is 13.2 Å². The third-order valence-corrected chi connectivity index (χ3v) is 2.58. The van der Waals surface area contributed by atoms with Crippen molar-refractivity contribution in [2.75, 3.05) is 6.61 Å². The van der Waals surface area contributed by atoms with Crippen molar-refractivity contribution in [3.05, 3.63) is 34.3 Å². The van der Waals surface area contributed by atoms with Crippen molar-refractivity contribution >= 4 is 17.6 Å². The SMILES string of the molecule is CCOC(=O)CC(O)c1ccc(Cl)cc1C(F)(F)F. The van der Waals surface area contributed by atoms with Gasteiger partial charge in [-0.3, -0.25) is 4.79 Å². The molecular weight excluding hydrogens is 285 g/mol. The molecule has 1 rings (SSSR count). The molecule has 1 atom stereocenters. The average Bonchev–Trinajstić information content (AvgIpc) is 2.27. The number of ether oxygens (including phenoxy) is 1. The first-order valence-electron chi connectivity index (χ1n) is 5.46. The maximum absolute atomic E-state index is 12.8. The van der Waals surface area contributed by atoms with E-state index in [4.69, 9.17) is 11.6 Å². The van der Waals surface area contributed by atoms with Crippen LogP contribution in [0.2, 0.25) is 5.02 Å². The Hall–Kier alpha value is -1.27. The summed E-state index contributed by atoms with van der Waals surface area (Å²) < 4.78 is 42.9. The Balaban J connectivity index is 3.02. The minimum absolute atomic E-state index is 0.0955. The van der Waals surface area contributed by atoms with Gasteiger partial charge >= 0.3 is 12.1 Å². The number of carbonyl (C=O) groups excluding carboxylic acids is 1. The molecule has 0 amide bonds. The van der Waals surface area contributed by atoms with Crippen LogP contribution < -0.4 is 0 Å². The topological polar surface area (TPSA) is 46.5 Å². The Morgan fingerprint density at radius 1 is 1.47 bits per heavy atom. The third-order valence-electron chi connectivity index (χ3n) is 2.35. The predicted octanol–water partition coefficient (Wildman–Crippen LogP) is 3.35. The molecule has 1 aromatic carbocycles. The Morgan fingerprint density at radius 2 is 2.11 bits per heavy atom. The molecule has 0 aliphatic rings. The molecule has 0 aliphatic heterocycles. The fourth-order valence-electron chi connectivity index (χ4n) is 1.55. The van der Waals surface area contributed by atoms with Gasteiger partial charge in [-0.25, -0.2) is 0 Å². The molecule has 0 saturated carbocycles. The van der Waals surface area contributed by atoms with Crippen LogP contribution in [-0.2, 0) is 15.7 Å². The number of aliphatic hydroxyl groups excluding tert-OH is 1. The van der Waals surface area contributed by atoms with Crippen molar-refractivity contribution in [2.24, 2.45) is 0 Å². The molecule has 0 radical (unpaired) electrons. The summed E-state index contributed by atoms with van der Waals surface area (Å²) >= 11 is 5.51. The van der Waals surface area contributed by atoms with E-state index in [1.54, 1.807) is 6.92 Å². The Kier molecular flexibility index (Phi) is 5.20. The number of rotatable bonds is 4. The van der Waals surface area contributed by atoms with E-state index in [0.717, 1.165) is 6.07 Å². The zero-order valence-electron chi connectivity index (χ0n) is 10.00. The van der Waals surface area contributed by atoms with Crippen LogP contribution in [0.4, 0.5) is 13.2 Å². The second-order valence-electron chi connectivity index (χ2n) is 3.75. The molecule has 0 aromatic heterocycles. The van der Waals surface area contributed by atoms with E-state index in [1.807, 2.05) is 0 Å². The maximum Gasteiger partial charge on any atom is 0.416 e. The Labute approximate surface area is 112 Å². The first kappa shape index (κ1) is 15.8. The lowest BCUT2D eigenvalue weighted by Gasteiger charge is -2.17. The van der Waals surface area contributed by atoms with Crippen molar-refractivity contribution in [3.63, 3.8) is 0 Å². The van der Waals surface area contributed by atoms with Gasteiger partial charge in [0.15, 0.2) is 0 Å². The summed E-state index contributed by atoms with van der Waals surface area (Å²) in [5, 5.41) is 9.61. The monoisotopic (exact) mass is 296 g/mol. The van der Waals surface area contributed by atoms with Crippen LogP contribution in [0.5, 0.6) is 0 Å². The number of hydrogen-bond donors (Lipinski definition) is 1. The molecule has 0 spiro atoms. The van der Waals surface area contributed by atoms with Gasteiger partial charge in [-0.1, -0.05) is 17.7 Å². The van der Waals surface area contributed by atoms with Gasteiger partial charge in [0.1, 0.15) is 0 Å². The number of benzene rings is 1. The van der Waals surface area contributed by atoms with Gasteiger partial charge in [-0.05, 0) is 24.6 Å². The molecular formula is C12H12ClF3O3. The van der Waals surface area contributed by atoms with Crippen molar-refractivity contribution in [1.29, 1.82) is 0 Å². The number of alkyl halides is 3. The molecule has 7 heteroatoms. The summed E-state index contributed by atoms with van der Waals surface area (Å²) in [7, 11) is 0. The van der Waals surface area contributed by atoms with Crippen LogP contribution in [0.3, 0.4) is 0 Å². The van der Waals surface area contributed by atoms with Crippen LogP contribution in [0, 0.1) is 0 Å². The largest absolute Gasteiger partial charge is 0.466 e. The van der Waals surface area contributed by atoms with Gasteiger partial charge in [0, 0.05) is 5.02 Å². The van der Waals surface area contributed by atoms with E-state index in [-0.39, 0.29) is 11.6 Å². The summed E-state index contributed by atoms with van der Waals surface area (Å²) in [5.74, 6) is -0.766. The fraction of sp³-hybridized carbons (Fsp3) is 0.417. The van der Waals surface area contributed by atoms with Gasteiger partial charge in [-0.15, -0.1) is 0 Å².